The molecule has 5 nitrogen and oxygen atoms in total. The third kappa shape index (κ3) is 4.35. The molecule has 1 unspecified atom stereocenters. The van der Waals surface area contributed by atoms with E-state index in [0.717, 1.165) is 0 Å². The molecule has 0 aliphatic rings. The highest BCUT2D eigenvalue weighted by Crippen LogP contribution is 2.09. The molecule has 0 saturated heterocycles. The minimum absolute atomic E-state index is 0.130. The Kier molecular flexibility index (Phi) is 4.85. The number of nitrogens with one attached hydrogen (secondary N) is 2. The van der Waals surface area contributed by atoms with Crippen molar-refractivity contribution in [2.24, 2.45) is 0 Å². The quantitative estimate of drug-likeness (QED) is 0.741. The van der Waals surface area contributed by atoms with E-state index in [-0.39, 0.29) is 6.04 Å². The standard InChI is InChI=1S/C10H14ClN3O2/c1-2-8(14-10(15)16)6-13-9-4-3-7(11)5-12-9/h3-5,8,14H,2,6H2,1H3,(H,12,13)(H,15,16). The SMILES string of the molecule is CCC(CNc1ccc(Cl)cn1)NC(=O)O. The molecule has 1 amide bonds. The van der Waals surface area contributed by atoms with E-state index in [1.54, 1.807) is 12.1 Å². The summed E-state index contributed by atoms with van der Waals surface area (Å²) < 4.78 is 0. The van der Waals surface area contributed by atoms with Crippen molar-refractivity contribution < 1.29 is 9.90 Å². The van der Waals surface area contributed by atoms with E-state index in [4.69, 9.17) is 16.7 Å². The third-order valence-corrected chi connectivity index (χ3v) is 2.30. The first-order valence-corrected chi connectivity index (χ1v) is 5.34. The molecule has 6 heteroatoms. The van der Waals surface area contributed by atoms with Crippen molar-refractivity contribution in [1.29, 1.82) is 0 Å². The second kappa shape index (κ2) is 6.17. The lowest BCUT2D eigenvalue weighted by Crippen LogP contribution is -2.38. The van der Waals surface area contributed by atoms with Gasteiger partial charge in [-0.1, -0.05) is 18.5 Å². The van der Waals surface area contributed by atoms with E-state index >= 15 is 0 Å². The zero-order valence-electron chi connectivity index (χ0n) is 8.90. The zero-order valence-corrected chi connectivity index (χ0v) is 9.66. The van der Waals surface area contributed by atoms with E-state index in [1.807, 2.05) is 6.92 Å². The minimum Gasteiger partial charge on any atom is -0.465 e. The van der Waals surface area contributed by atoms with Crippen molar-refractivity contribution in [2.45, 2.75) is 19.4 Å². The highest BCUT2D eigenvalue weighted by Gasteiger charge is 2.08. The van der Waals surface area contributed by atoms with Gasteiger partial charge in [0.2, 0.25) is 0 Å². The molecule has 0 aliphatic carbocycles. The number of halogens is 1. The molecule has 0 aromatic carbocycles. The molecule has 0 aliphatic heterocycles. The average Bonchev–Trinajstić information content (AvgIpc) is 2.26. The Balaban J connectivity index is 2.43. The molecular formula is C10H14ClN3O2. The zero-order chi connectivity index (χ0) is 12.0. The number of hydrogen-bond donors (Lipinski definition) is 3. The second-order valence-electron chi connectivity index (χ2n) is 3.30. The second-order valence-corrected chi connectivity index (χ2v) is 3.73. The Labute approximate surface area is 98.8 Å². The normalized spacial score (nSPS) is 11.9. The summed E-state index contributed by atoms with van der Waals surface area (Å²) in [5.74, 6) is 0.676. The maximum absolute atomic E-state index is 10.5. The molecule has 1 heterocycles. The van der Waals surface area contributed by atoms with Crippen molar-refractivity contribution in [3.63, 3.8) is 0 Å². The van der Waals surface area contributed by atoms with Crippen molar-refractivity contribution in [2.75, 3.05) is 11.9 Å². The lowest BCUT2D eigenvalue weighted by Gasteiger charge is -2.15. The highest BCUT2D eigenvalue weighted by molar-refractivity contribution is 6.30. The molecule has 1 aromatic rings. The molecule has 3 N–H and O–H groups in total. The van der Waals surface area contributed by atoms with Gasteiger partial charge in [-0.25, -0.2) is 9.78 Å². The number of carboxylic acid groups (broad SMARTS) is 1. The molecule has 16 heavy (non-hydrogen) atoms. The first-order valence-electron chi connectivity index (χ1n) is 4.96. The first kappa shape index (κ1) is 12.6. The maximum Gasteiger partial charge on any atom is 0.404 e. The molecular weight excluding hydrogens is 230 g/mol. The fourth-order valence-electron chi connectivity index (χ4n) is 1.18. The van der Waals surface area contributed by atoms with Gasteiger partial charge in [0.05, 0.1) is 5.02 Å². The van der Waals surface area contributed by atoms with E-state index in [0.29, 0.717) is 23.8 Å². The molecule has 1 atom stereocenters. The van der Waals surface area contributed by atoms with Crippen LogP contribution in [0.15, 0.2) is 18.3 Å². The summed E-state index contributed by atoms with van der Waals surface area (Å²) in [7, 11) is 0. The molecule has 88 valence electrons. The van der Waals surface area contributed by atoms with Gasteiger partial charge in [0.25, 0.3) is 0 Å². The number of nitrogens with zero attached hydrogens (tertiary/aromatic N) is 1. The van der Waals surface area contributed by atoms with Gasteiger partial charge in [-0.3, -0.25) is 0 Å². The van der Waals surface area contributed by atoms with Crippen molar-refractivity contribution >= 4 is 23.5 Å². The number of aromatic nitrogens is 1. The number of anilines is 1. The summed E-state index contributed by atoms with van der Waals surface area (Å²) in [4.78, 5) is 14.5. The fourth-order valence-corrected chi connectivity index (χ4v) is 1.29. The van der Waals surface area contributed by atoms with E-state index in [1.165, 1.54) is 6.20 Å². The van der Waals surface area contributed by atoms with E-state index in [9.17, 15) is 4.79 Å². The topological polar surface area (TPSA) is 74.2 Å². The summed E-state index contributed by atoms with van der Waals surface area (Å²) in [5.41, 5.74) is 0. The molecule has 0 fully saturated rings. The van der Waals surface area contributed by atoms with Crippen molar-refractivity contribution in [3.8, 4) is 0 Å². The third-order valence-electron chi connectivity index (χ3n) is 2.08. The minimum atomic E-state index is -1.02. The van der Waals surface area contributed by atoms with Crippen LogP contribution in [-0.2, 0) is 0 Å². The van der Waals surface area contributed by atoms with Crippen LogP contribution in [0.5, 0.6) is 0 Å². The molecule has 0 radical (unpaired) electrons. The Morgan fingerprint density at radius 3 is 2.88 bits per heavy atom. The Morgan fingerprint density at radius 2 is 2.38 bits per heavy atom. The van der Waals surface area contributed by atoms with Gasteiger partial charge in [-0.2, -0.15) is 0 Å². The van der Waals surface area contributed by atoms with Gasteiger partial charge in [0.1, 0.15) is 5.82 Å². The summed E-state index contributed by atoms with van der Waals surface area (Å²) >= 11 is 5.69. The Morgan fingerprint density at radius 1 is 1.62 bits per heavy atom. The summed E-state index contributed by atoms with van der Waals surface area (Å²) in [6, 6.07) is 3.34. The van der Waals surface area contributed by atoms with Gasteiger partial charge in [-0.05, 0) is 18.6 Å². The molecule has 1 aromatic heterocycles. The van der Waals surface area contributed by atoms with Crippen LogP contribution in [0.1, 0.15) is 13.3 Å². The largest absolute Gasteiger partial charge is 0.465 e. The van der Waals surface area contributed by atoms with Gasteiger partial charge in [0.15, 0.2) is 0 Å². The Hall–Kier alpha value is -1.49. The van der Waals surface area contributed by atoms with Gasteiger partial charge in [0, 0.05) is 18.8 Å². The molecule has 1 rings (SSSR count). The van der Waals surface area contributed by atoms with Crippen LogP contribution in [0.2, 0.25) is 5.02 Å². The van der Waals surface area contributed by atoms with E-state index < -0.39 is 6.09 Å². The van der Waals surface area contributed by atoms with Crippen LogP contribution in [0, 0.1) is 0 Å². The van der Waals surface area contributed by atoms with Crippen LogP contribution < -0.4 is 10.6 Å². The van der Waals surface area contributed by atoms with Gasteiger partial charge >= 0.3 is 6.09 Å². The maximum atomic E-state index is 10.5. The number of carbonyl (C=O) groups is 1. The Bertz CT molecular complexity index is 342. The van der Waals surface area contributed by atoms with E-state index in [2.05, 4.69) is 15.6 Å². The summed E-state index contributed by atoms with van der Waals surface area (Å²) in [5, 5.41) is 14.6. The first-order chi connectivity index (χ1) is 7.61. The average molecular weight is 244 g/mol. The summed E-state index contributed by atoms with van der Waals surface area (Å²) in [6.07, 6.45) is 1.24. The molecule has 0 spiro atoms. The summed E-state index contributed by atoms with van der Waals surface area (Å²) in [6.45, 7) is 2.41. The van der Waals surface area contributed by atoms with Crippen LogP contribution in [0.3, 0.4) is 0 Å². The predicted molar refractivity (Wildman–Crippen MR) is 63.0 cm³/mol. The molecule has 0 bridgehead atoms. The van der Waals surface area contributed by atoms with Gasteiger partial charge in [-0.15, -0.1) is 0 Å². The van der Waals surface area contributed by atoms with Crippen LogP contribution >= 0.6 is 11.6 Å². The smallest absolute Gasteiger partial charge is 0.404 e. The van der Waals surface area contributed by atoms with Crippen molar-refractivity contribution in [1.82, 2.24) is 10.3 Å². The monoisotopic (exact) mass is 243 g/mol. The van der Waals surface area contributed by atoms with Crippen LogP contribution in [0.4, 0.5) is 10.6 Å². The number of amides is 1. The highest BCUT2D eigenvalue weighted by atomic mass is 35.5. The fraction of sp³-hybridized carbons (Fsp3) is 0.400. The predicted octanol–water partition coefficient (Wildman–Crippen LogP) is 2.19. The molecule has 0 saturated carbocycles. The number of rotatable bonds is 5. The number of pyridine rings is 1. The van der Waals surface area contributed by atoms with Crippen molar-refractivity contribution in [3.05, 3.63) is 23.4 Å². The number of hydrogen-bond acceptors (Lipinski definition) is 3. The lowest BCUT2D eigenvalue weighted by molar-refractivity contribution is 0.190. The van der Waals surface area contributed by atoms with Crippen LogP contribution in [0.25, 0.3) is 0 Å². The van der Waals surface area contributed by atoms with Gasteiger partial charge < -0.3 is 15.7 Å². The van der Waals surface area contributed by atoms with Crippen LogP contribution in [-0.4, -0.2) is 28.8 Å². The lowest BCUT2D eigenvalue weighted by atomic mass is 10.2.